The van der Waals surface area contributed by atoms with Crippen LogP contribution in [-0.2, 0) is 14.8 Å². The molecule has 0 aromatic heterocycles. The standard InChI is InChI=1S/C16H23FN2O4S/c1-4-5-12-9-19(10-15(12)18-11(2)20)24(21,22)13-6-7-16(23-3)14(17)8-13/h6-8,12,15H,4-5,9-10H2,1-3H3,(H,18,20)/t12-,15-/m1/s1. The number of nitrogens with zero attached hydrogens (tertiary/aromatic N) is 1. The Morgan fingerprint density at radius 2 is 2.12 bits per heavy atom. The summed E-state index contributed by atoms with van der Waals surface area (Å²) in [6, 6.07) is 3.37. The molecule has 1 aromatic carbocycles. The molecule has 24 heavy (non-hydrogen) atoms. The van der Waals surface area contributed by atoms with Gasteiger partial charge in [0.1, 0.15) is 0 Å². The summed E-state index contributed by atoms with van der Waals surface area (Å²) in [6.45, 7) is 3.94. The lowest BCUT2D eigenvalue weighted by Crippen LogP contribution is -2.39. The van der Waals surface area contributed by atoms with E-state index in [0.717, 1.165) is 18.9 Å². The summed E-state index contributed by atoms with van der Waals surface area (Å²) in [5.74, 6) is -0.857. The smallest absolute Gasteiger partial charge is 0.243 e. The molecule has 1 amide bonds. The molecular weight excluding hydrogens is 335 g/mol. The van der Waals surface area contributed by atoms with Crippen molar-refractivity contribution in [1.82, 2.24) is 9.62 Å². The van der Waals surface area contributed by atoms with Gasteiger partial charge >= 0.3 is 0 Å². The molecule has 134 valence electrons. The van der Waals surface area contributed by atoms with Gasteiger partial charge < -0.3 is 10.1 Å². The van der Waals surface area contributed by atoms with Gasteiger partial charge in [-0.1, -0.05) is 13.3 Å². The maximum atomic E-state index is 13.8. The van der Waals surface area contributed by atoms with Crippen LogP contribution in [0.5, 0.6) is 5.75 Å². The number of carbonyl (C=O) groups excluding carboxylic acids is 1. The lowest BCUT2D eigenvalue weighted by atomic mass is 9.98. The van der Waals surface area contributed by atoms with Crippen molar-refractivity contribution in [3.63, 3.8) is 0 Å². The monoisotopic (exact) mass is 358 g/mol. The van der Waals surface area contributed by atoms with E-state index in [2.05, 4.69) is 5.32 Å². The van der Waals surface area contributed by atoms with Crippen molar-refractivity contribution in [2.24, 2.45) is 5.92 Å². The molecule has 0 radical (unpaired) electrons. The first-order valence-electron chi connectivity index (χ1n) is 7.90. The Balaban J connectivity index is 2.26. The van der Waals surface area contributed by atoms with E-state index in [0.29, 0.717) is 6.54 Å². The minimum atomic E-state index is -3.82. The van der Waals surface area contributed by atoms with Gasteiger partial charge in [-0.05, 0) is 30.5 Å². The third kappa shape index (κ3) is 3.87. The number of benzene rings is 1. The zero-order chi connectivity index (χ0) is 17.9. The molecule has 0 unspecified atom stereocenters. The van der Waals surface area contributed by atoms with Crippen LogP contribution in [0, 0.1) is 11.7 Å². The summed E-state index contributed by atoms with van der Waals surface area (Å²) in [5, 5.41) is 2.82. The van der Waals surface area contributed by atoms with Gasteiger partial charge in [-0.3, -0.25) is 4.79 Å². The highest BCUT2D eigenvalue weighted by atomic mass is 32.2. The molecule has 6 nitrogen and oxygen atoms in total. The predicted molar refractivity (Wildman–Crippen MR) is 87.7 cm³/mol. The fourth-order valence-corrected chi connectivity index (χ4v) is 4.61. The summed E-state index contributed by atoms with van der Waals surface area (Å²) >= 11 is 0. The van der Waals surface area contributed by atoms with Gasteiger partial charge in [-0.15, -0.1) is 0 Å². The summed E-state index contributed by atoms with van der Waals surface area (Å²) in [6.07, 6.45) is 1.71. The molecule has 1 aliphatic heterocycles. The Morgan fingerprint density at radius 3 is 2.67 bits per heavy atom. The van der Waals surface area contributed by atoms with Crippen molar-refractivity contribution in [1.29, 1.82) is 0 Å². The van der Waals surface area contributed by atoms with Crippen molar-refractivity contribution in [3.8, 4) is 5.75 Å². The van der Waals surface area contributed by atoms with Gasteiger partial charge in [0.05, 0.1) is 12.0 Å². The lowest BCUT2D eigenvalue weighted by molar-refractivity contribution is -0.119. The molecule has 1 heterocycles. The number of sulfonamides is 1. The fourth-order valence-electron chi connectivity index (χ4n) is 3.07. The van der Waals surface area contributed by atoms with Crippen molar-refractivity contribution in [3.05, 3.63) is 24.0 Å². The number of hydrogen-bond acceptors (Lipinski definition) is 4. The number of methoxy groups -OCH3 is 1. The van der Waals surface area contributed by atoms with Crippen LogP contribution in [0.3, 0.4) is 0 Å². The van der Waals surface area contributed by atoms with Crippen LogP contribution >= 0.6 is 0 Å². The molecule has 0 aliphatic carbocycles. The number of rotatable bonds is 6. The van der Waals surface area contributed by atoms with E-state index in [-0.39, 0.29) is 35.1 Å². The van der Waals surface area contributed by atoms with Crippen LogP contribution in [0.2, 0.25) is 0 Å². The van der Waals surface area contributed by atoms with Gasteiger partial charge in [0, 0.05) is 26.1 Å². The second kappa shape index (κ2) is 7.48. The Morgan fingerprint density at radius 1 is 1.42 bits per heavy atom. The molecule has 2 rings (SSSR count). The number of ether oxygens (including phenoxy) is 1. The Labute approximate surface area is 142 Å². The molecule has 1 N–H and O–H groups in total. The highest BCUT2D eigenvalue weighted by Crippen LogP contribution is 2.29. The molecule has 8 heteroatoms. The number of carbonyl (C=O) groups is 1. The Kier molecular flexibility index (Phi) is 5.82. The third-order valence-corrected chi connectivity index (χ3v) is 6.04. The largest absolute Gasteiger partial charge is 0.494 e. The van der Waals surface area contributed by atoms with E-state index >= 15 is 0 Å². The molecule has 0 saturated carbocycles. The Hall–Kier alpha value is -1.67. The van der Waals surface area contributed by atoms with Crippen molar-refractivity contribution in [2.45, 2.75) is 37.6 Å². The van der Waals surface area contributed by atoms with Crippen LogP contribution in [0.4, 0.5) is 4.39 Å². The first-order valence-corrected chi connectivity index (χ1v) is 9.34. The van der Waals surface area contributed by atoms with Crippen LogP contribution in [-0.4, -0.2) is 44.9 Å². The molecular formula is C16H23FN2O4S. The van der Waals surface area contributed by atoms with Crippen molar-refractivity contribution < 1.29 is 22.3 Å². The molecule has 2 atom stereocenters. The lowest BCUT2D eigenvalue weighted by Gasteiger charge is -2.18. The molecule has 1 fully saturated rings. The van der Waals surface area contributed by atoms with Gasteiger partial charge in [-0.25, -0.2) is 12.8 Å². The number of hydrogen-bond donors (Lipinski definition) is 1. The summed E-state index contributed by atoms with van der Waals surface area (Å²) < 4.78 is 45.5. The number of halogens is 1. The SMILES string of the molecule is CCC[C@@H]1CN(S(=O)(=O)c2ccc(OC)c(F)c2)C[C@H]1NC(C)=O. The van der Waals surface area contributed by atoms with E-state index in [9.17, 15) is 17.6 Å². The summed E-state index contributed by atoms with van der Waals surface area (Å²) in [5.41, 5.74) is 0. The van der Waals surface area contributed by atoms with E-state index < -0.39 is 15.8 Å². The second-order valence-electron chi connectivity index (χ2n) is 5.97. The van der Waals surface area contributed by atoms with Crippen LogP contribution in [0.1, 0.15) is 26.7 Å². The minimum Gasteiger partial charge on any atom is -0.494 e. The minimum absolute atomic E-state index is 0.00430. The fraction of sp³-hybridized carbons (Fsp3) is 0.562. The van der Waals surface area contributed by atoms with Crippen LogP contribution in [0.25, 0.3) is 0 Å². The predicted octanol–water partition coefficient (Wildman–Crippen LogP) is 1.76. The average molecular weight is 358 g/mol. The number of nitrogens with one attached hydrogen (secondary N) is 1. The Bertz CT molecular complexity index is 708. The van der Waals surface area contributed by atoms with Gasteiger partial charge in [-0.2, -0.15) is 4.31 Å². The van der Waals surface area contributed by atoms with E-state index in [1.807, 2.05) is 6.92 Å². The normalized spacial score (nSPS) is 21.7. The van der Waals surface area contributed by atoms with Crippen LogP contribution in [0.15, 0.2) is 23.1 Å². The molecule has 0 bridgehead atoms. The maximum Gasteiger partial charge on any atom is 0.243 e. The molecule has 0 spiro atoms. The zero-order valence-corrected chi connectivity index (χ0v) is 14.9. The number of amides is 1. The zero-order valence-electron chi connectivity index (χ0n) is 14.1. The summed E-state index contributed by atoms with van der Waals surface area (Å²) in [4.78, 5) is 11.2. The maximum absolute atomic E-state index is 13.8. The average Bonchev–Trinajstić information content (AvgIpc) is 2.90. The van der Waals surface area contributed by atoms with Gasteiger partial charge in [0.2, 0.25) is 15.9 Å². The van der Waals surface area contributed by atoms with Gasteiger partial charge in [0.25, 0.3) is 0 Å². The van der Waals surface area contributed by atoms with E-state index in [1.54, 1.807) is 0 Å². The second-order valence-corrected chi connectivity index (χ2v) is 7.91. The first-order chi connectivity index (χ1) is 11.3. The van der Waals surface area contributed by atoms with Crippen molar-refractivity contribution in [2.75, 3.05) is 20.2 Å². The van der Waals surface area contributed by atoms with E-state index in [4.69, 9.17) is 4.74 Å². The quantitative estimate of drug-likeness (QED) is 0.841. The van der Waals surface area contributed by atoms with Gasteiger partial charge in [0.15, 0.2) is 11.6 Å². The molecule has 1 saturated heterocycles. The van der Waals surface area contributed by atoms with Crippen LogP contribution < -0.4 is 10.1 Å². The highest BCUT2D eigenvalue weighted by Gasteiger charge is 2.39. The molecule has 1 aliphatic rings. The molecule has 1 aromatic rings. The highest BCUT2D eigenvalue weighted by molar-refractivity contribution is 7.89. The van der Waals surface area contributed by atoms with E-state index in [1.165, 1.54) is 30.5 Å². The topological polar surface area (TPSA) is 75.7 Å². The third-order valence-electron chi connectivity index (χ3n) is 4.22. The summed E-state index contributed by atoms with van der Waals surface area (Å²) in [7, 11) is -2.50. The van der Waals surface area contributed by atoms with Crippen molar-refractivity contribution >= 4 is 15.9 Å². The first kappa shape index (κ1) is 18.7.